The number of hydrogen-bond donors (Lipinski definition) is 1. The number of amides is 1. The van der Waals surface area contributed by atoms with Gasteiger partial charge in [0, 0.05) is 23.6 Å². The van der Waals surface area contributed by atoms with Crippen LogP contribution >= 0.6 is 11.8 Å². The molecule has 5 heteroatoms. The SMILES string of the molecule is O=C(O)C1CSCCN1C(=O)c1ccc2c(c1)CCC2. The minimum atomic E-state index is -0.910. The first-order valence-corrected chi connectivity index (χ1v) is 8.05. The minimum absolute atomic E-state index is 0.146. The highest BCUT2D eigenvalue weighted by Gasteiger charge is 2.33. The molecule has 0 aromatic heterocycles. The lowest BCUT2D eigenvalue weighted by atomic mass is 10.0. The van der Waals surface area contributed by atoms with E-state index in [0.717, 1.165) is 25.0 Å². The van der Waals surface area contributed by atoms with Gasteiger partial charge in [0.15, 0.2) is 0 Å². The molecule has 2 aliphatic rings. The van der Waals surface area contributed by atoms with Crippen molar-refractivity contribution >= 4 is 23.6 Å². The second-order valence-corrected chi connectivity index (χ2v) is 6.41. The minimum Gasteiger partial charge on any atom is -0.480 e. The highest BCUT2D eigenvalue weighted by molar-refractivity contribution is 7.99. The van der Waals surface area contributed by atoms with Crippen molar-refractivity contribution < 1.29 is 14.7 Å². The van der Waals surface area contributed by atoms with E-state index in [1.165, 1.54) is 16.0 Å². The Hall–Kier alpha value is -1.49. The molecule has 1 fully saturated rings. The van der Waals surface area contributed by atoms with Crippen LogP contribution in [0, 0.1) is 0 Å². The maximum absolute atomic E-state index is 12.6. The molecule has 20 heavy (non-hydrogen) atoms. The van der Waals surface area contributed by atoms with Crippen molar-refractivity contribution in [1.82, 2.24) is 4.90 Å². The standard InChI is InChI=1S/C15H17NO3S/c17-14(16-6-7-20-9-13(16)15(18)19)12-5-4-10-2-1-3-11(10)8-12/h4-5,8,13H,1-3,6-7,9H2,(H,18,19). The maximum atomic E-state index is 12.6. The number of nitrogens with zero attached hydrogens (tertiary/aromatic N) is 1. The number of rotatable bonds is 2. The fourth-order valence-electron chi connectivity index (χ4n) is 2.92. The van der Waals surface area contributed by atoms with Crippen LogP contribution in [0.3, 0.4) is 0 Å². The second kappa shape index (κ2) is 5.48. The van der Waals surface area contributed by atoms with Crippen molar-refractivity contribution in [3.63, 3.8) is 0 Å². The molecule has 106 valence electrons. The normalized spacial score (nSPS) is 21.6. The number of fused-ring (bicyclic) bond motifs is 1. The Kier molecular flexibility index (Phi) is 3.70. The molecule has 0 saturated carbocycles. The number of carboxylic acid groups (broad SMARTS) is 1. The van der Waals surface area contributed by atoms with Gasteiger partial charge in [-0.05, 0) is 42.5 Å². The first-order valence-electron chi connectivity index (χ1n) is 6.90. The number of carboxylic acids is 1. The molecule has 1 aliphatic carbocycles. The molecule has 1 aromatic carbocycles. The Labute approximate surface area is 122 Å². The fourth-order valence-corrected chi connectivity index (χ4v) is 3.96. The van der Waals surface area contributed by atoms with Crippen LogP contribution in [0.2, 0.25) is 0 Å². The molecule has 4 nitrogen and oxygen atoms in total. The van der Waals surface area contributed by atoms with E-state index in [4.69, 9.17) is 0 Å². The molecule has 0 spiro atoms. The average Bonchev–Trinajstić information content (AvgIpc) is 2.93. The second-order valence-electron chi connectivity index (χ2n) is 5.26. The fraction of sp³-hybridized carbons (Fsp3) is 0.467. The lowest BCUT2D eigenvalue weighted by molar-refractivity contribution is -0.141. The number of hydrogen-bond acceptors (Lipinski definition) is 3. The Morgan fingerprint density at radius 3 is 2.85 bits per heavy atom. The number of aliphatic carboxylic acids is 1. The van der Waals surface area contributed by atoms with E-state index in [-0.39, 0.29) is 5.91 Å². The number of carbonyl (C=O) groups is 2. The zero-order valence-electron chi connectivity index (χ0n) is 11.2. The zero-order chi connectivity index (χ0) is 14.1. The van der Waals surface area contributed by atoms with E-state index in [0.29, 0.717) is 17.9 Å². The molecule has 1 saturated heterocycles. The molecule has 0 bridgehead atoms. The van der Waals surface area contributed by atoms with Crippen LogP contribution in [0.4, 0.5) is 0 Å². The van der Waals surface area contributed by atoms with Crippen LogP contribution < -0.4 is 0 Å². The third-order valence-electron chi connectivity index (χ3n) is 4.02. The van der Waals surface area contributed by atoms with Gasteiger partial charge in [0.1, 0.15) is 6.04 Å². The monoisotopic (exact) mass is 291 g/mol. The summed E-state index contributed by atoms with van der Waals surface area (Å²) in [4.78, 5) is 25.4. The summed E-state index contributed by atoms with van der Waals surface area (Å²) in [6.45, 7) is 0.511. The van der Waals surface area contributed by atoms with Gasteiger partial charge < -0.3 is 10.0 Å². The van der Waals surface area contributed by atoms with E-state index < -0.39 is 12.0 Å². The molecule has 1 N–H and O–H groups in total. The molecule has 1 aromatic rings. The molecule has 1 atom stereocenters. The third-order valence-corrected chi connectivity index (χ3v) is 5.04. The lowest BCUT2D eigenvalue weighted by Crippen LogP contribution is -2.50. The number of carbonyl (C=O) groups excluding carboxylic acids is 1. The molecule has 1 unspecified atom stereocenters. The Morgan fingerprint density at radius 2 is 2.05 bits per heavy atom. The summed E-state index contributed by atoms with van der Waals surface area (Å²) in [6.07, 6.45) is 3.25. The maximum Gasteiger partial charge on any atom is 0.327 e. The van der Waals surface area contributed by atoms with Crippen LogP contribution in [0.1, 0.15) is 27.9 Å². The quantitative estimate of drug-likeness (QED) is 0.903. The van der Waals surface area contributed by atoms with E-state index in [1.807, 2.05) is 18.2 Å². The molecular weight excluding hydrogens is 274 g/mol. The summed E-state index contributed by atoms with van der Waals surface area (Å²) < 4.78 is 0. The molecular formula is C15H17NO3S. The summed E-state index contributed by atoms with van der Waals surface area (Å²) in [6, 6.07) is 5.11. The van der Waals surface area contributed by atoms with Crippen molar-refractivity contribution in [3.8, 4) is 0 Å². The Balaban J connectivity index is 1.85. The van der Waals surface area contributed by atoms with Gasteiger partial charge in [-0.2, -0.15) is 11.8 Å². The first-order chi connectivity index (χ1) is 9.66. The highest BCUT2D eigenvalue weighted by Crippen LogP contribution is 2.25. The van der Waals surface area contributed by atoms with Crippen molar-refractivity contribution in [2.45, 2.75) is 25.3 Å². The topological polar surface area (TPSA) is 57.6 Å². The van der Waals surface area contributed by atoms with E-state index in [2.05, 4.69) is 0 Å². The smallest absolute Gasteiger partial charge is 0.327 e. The van der Waals surface area contributed by atoms with Crippen molar-refractivity contribution in [2.24, 2.45) is 0 Å². The van der Waals surface area contributed by atoms with Crippen LogP contribution in [0.5, 0.6) is 0 Å². The van der Waals surface area contributed by atoms with Crippen molar-refractivity contribution in [2.75, 3.05) is 18.1 Å². The van der Waals surface area contributed by atoms with Crippen LogP contribution in [0.25, 0.3) is 0 Å². The summed E-state index contributed by atoms with van der Waals surface area (Å²) in [7, 11) is 0. The largest absolute Gasteiger partial charge is 0.480 e. The summed E-state index contributed by atoms with van der Waals surface area (Å²) >= 11 is 1.59. The summed E-state index contributed by atoms with van der Waals surface area (Å²) in [5.74, 6) is 0.228. The Bertz CT molecular complexity index is 558. The van der Waals surface area contributed by atoms with E-state index in [9.17, 15) is 14.7 Å². The predicted molar refractivity (Wildman–Crippen MR) is 78.3 cm³/mol. The predicted octanol–water partition coefficient (Wildman–Crippen LogP) is 1.82. The van der Waals surface area contributed by atoms with Gasteiger partial charge in [0.2, 0.25) is 0 Å². The van der Waals surface area contributed by atoms with Crippen LogP contribution in [-0.2, 0) is 17.6 Å². The van der Waals surface area contributed by atoms with Gasteiger partial charge in [-0.1, -0.05) is 6.07 Å². The van der Waals surface area contributed by atoms with Gasteiger partial charge in [0.05, 0.1) is 0 Å². The molecule has 1 heterocycles. The van der Waals surface area contributed by atoms with Crippen molar-refractivity contribution in [1.29, 1.82) is 0 Å². The molecule has 0 radical (unpaired) electrons. The summed E-state index contributed by atoms with van der Waals surface area (Å²) in [5, 5.41) is 9.25. The number of aryl methyl sites for hydroxylation is 2. The first kappa shape index (κ1) is 13.5. The molecule has 1 amide bonds. The lowest BCUT2D eigenvalue weighted by Gasteiger charge is -2.32. The zero-order valence-corrected chi connectivity index (χ0v) is 12.0. The summed E-state index contributed by atoms with van der Waals surface area (Å²) in [5.41, 5.74) is 3.20. The van der Waals surface area contributed by atoms with Gasteiger partial charge in [0.25, 0.3) is 5.91 Å². The van der Waals surface area contributed by atoms with Gasteiger partial charge in [-0.15, -0.1) is 0 Å². The van der Waals surface area contributed by atoms with Gasteiger partial charge in [-0.3, -0.25) is 4.79 Å². The highest BCUT2D eigenvalue weighted by atomic mass is 32.2. The average molecular weight is 291 g/mol. The van der Waals surface area contributed by atoms with Crippen LogP contribution in [-0.4, -0.2) is 46.0 Å². The van der Waals surface area contributed by atoms with Crippen molar-refractivity contribution in [3.05, 3.63) is 34.9 Å². The van der Waals surface area contributed by atoms with Crippen LogP contribution in [0.15, 0.2) is 18.2 Å². The molecule has 1 aliphatic heterocycles. The number of thioether (sulfide) groups is 1. The Morgan fingerprint density at radius 1 is 1.25 bits per heavy atom. The van der Waals surface area contributed by atoms with E-state index >= 15 is 0 Å². The van der Waals surface area contributed by atoms with Gasteiger partial charge in [-0.25, -0.2) is 4.79 Å². The van der Waals surface area contributed by atoms with E-state index in [1.54, 1.807) is 11.8 Å². The van der Waals surface area contributed by atoms with Gasteiger partial charge >= 0.3 is 5.97 Å². The number of benzene rings is 1. The third kappa shape index (κ3) is 2.42. The molecule has 3 rings (SSSR count).